The van der Waals surface area contributed by atoms with Crippen molar-refractivity contribution in [2.75, 3.05) is 6.61 Å². The van der Waals surface area contributed by atoms with Crippen molar-refractivity contribution < 1.29 is 27.6 Å². The molecule has 0 aliphatic carbocycles. The van der Waals surface area contributed by atoms with Crippen LogP contribution in [-0.4, -0.2) is 17.7 Å². The quantitative estimate of drug-likeness (QED) is 0.191. The van der Waals surface area contributed by atoms with E-state index >= 15 is 0 Å². The summed E-state index contributed by atoms with van der Waals surface area (Å²) in [4.78, 5) is 14.9. The van der Waals surface area contributed by atoms with Crippen molar-refractivity contribution in [3.8, 4) is 17.2 Å². The first-order valence-corrected chi connectivity index (χ1v) is 10.5. The fourth-order valence-electron chi connectivity index (χ4n) is 3.06. The minimum absolute atomic E-state index is 0.0440. The molecule has 0 amide bonds. The average molecular weight is 493 g/mol. The van der Waals surface area contributed by atoms with E-state index in [1.54, 1.807) is 19.2 Å². The largest absolute Gasteiger partial charge is 0.490 e. The molecule has 0 aliphatic rings. The van der Waals surface area contributed by atoms with Gasteiger partial charge < -0.3 is 9.47 Å². The molecule has 0 aromatic heterocycles. The first-order chi connectivity index (χ1) is 16.0. The lowest BCUT2D eigenvalue weighted by Crippen LogP contribution is -2.06. The molecule has 0 bridgehead atoms. The number of nitrogens with zero attached hydrogens (tertiary/aromatic N) is 2. The van der Waals surface area contributed by atoms with Gasteiger partial charge in [-0.15, -0.1) is 0 Å². The van der Waals surface area contributed by atoms with Crippen molar-refractivity contribution in [3.05, 3.63) is 85.9 Å². The molecular formula is C24H20ClF3N2O4. The van der Waals surface area contributed by atoms with Crippen molar-refractivity contribution >= 4 is 29.2 Å². The molecule has 0 aliphatic heterocycles. The van der Waals surface area contributed by atoms with Crippen LogP contribution in [0.1, 0.15) is 29.2 Å². The van der Waals surface area contributed by atoms with Gasteiger partial charge in [0.15, 0.2) is 11.5 Å². The van der Waals surface area contributed by atoms with Crippen molar-refractivity contribution in [1.29, 1.82) is 0 Å². The maximum Gasteiger partial charge on any atom is 0.416 e. The lowest BCUT2D eigenvalue weighted by Gasteiger charge is -2.15. The van der Waals surface area contributed by atoms with Gasteiger partial charge in [0.2, 0.25) is 5.75 Å². The summed E-state index contributed by atoms with van der Waals surface area (Å²) in [6, 6.07) is 10.9. The number of hydrogen-bond donors (Lipinski definition) is 0. The van der Waals surface area contributed by atoms with Crippen LogP contribution in [0, 0.1) is 24.0 Å². The van der Waals surface area contributed by atoms with E-state index in [4.69, 9.17) is 21.1 Å². The molecule has 0 fully saturated rings. The van der Waals surface area contributed by atoms with Gasteiger partial charge in [-0.3, -0.25) is 15.1 Å². The Hall–Kier alpha value is -3.59. The Kier molecular flexibility index (Phi) is 7.46. The molecular weight excluding hydrogens is 473 g/mol. The minimum atomic E-state index is -4.74. The number of rotatable bonds is 7. The second kappa shape index (κ2) is 10.1. The van der Waals surface area contributed by atoms with Crippen LogP contribution in [0.2, 0.25) is 5.02 Å². The maximum atomic E-state index is 13.0. The van der Waals surface area contributed by atoms with Crippen LogP contribution in [0.15, 0.2) is 53.5 Å². The molecule has 0 atom stereocenters. The van der Waals surface area contributed by atoms with E-state index in [0.717, 1.165) is 22.9 Å². The molecule has 3 aromatic carbocycles. The fraction of sp³-hybridized carbons (Fsp3) is 0.208. The summed E-state index contributed by atoms with van der Waals surface area (Å²) in [6.45, 7) is 5.82. The Morgan fingerprint density at radius 1 is 1.09 bits per heavy atom. The molecule has 0 unspecified atom stereocenters. The van der Waals surface area contributed by atoms with Crippen LogP contribution < -0.4 is 9.47 Å². The van der Waals surface area contributed by atoms with E-state index < -0.39 is 28.1 Å². The highest BCUT2D eigenvalue weighted by Gasteiger charge is 2.33. The number of alkyl halides is 3. The zero-order chi connectivity index (χ0) is 25.0. The second-order valence-corrected chi connectivity index (χ2v) is 7.76. The Balaban J connectivity index is 2.00. The minimum Gasteiger partial charge on any atom is -0.490 e. The Bertz CT molecular complexity index is 1260. The molecule has 0 N–H and O–H groups in total. The number of hydrogen-bond acceptors (Lipinski definition) is 5. The van der Waals surface area contributed by atoms with Gasteiger partial charge >= 0.3 is 11.9 Å². The lowest BCUT2D eigenvalue weighted by molar-refractivity contribution is -0.385. The third-order valence-electron chi connectivity index (χ3n) is 4.74. The van der Waals surface area contributed by atoms with Crippen molar-refractivity contribution in [2.45, 2.75) is 26.9 Å². The molecule has 0 heterocycles. The zero-order valence-corrected chi connectivity index (χ0v) is 19.2. The van der Waals surface area contributed by atoms with Gasteiger partial charge in [-0.1, -0.05) is 23.7 Å². The number of halogens is 4. The smallest absolute Gasteiger partial charge is 0.416 e. The van der Waals surface area contributed by atoms with Gasteiger partial charge in [0.05, 0.1) is 27.8 Å². The van der Waals surface area contributed by atoms with Crippen LogP contribution >= 0.6 is 11.6 Å². The van der Waals surface area contributed by atoms with Gasteiger partial charge in [0.25, 0.3) is 0 Å². The van der Waals surface area contributed by atoms with Crippen LogP contribution in [0.5, 0.6) is 17.2 Å². The van der Waals surface area contributed by atoms with Gasteiger partial charge in [0.1, 0.15) is 0 Å². The standard InChI is InChI=1S/C24H20ClF3N2O4/c1-4-33-22-11-16(13-29-19-9-14(2)5-6-15(19)3)10-18(25)23(22)34-21-8-7-17(24(26,27)28)12-20(21)30(31)32/h5-13H,4H2,1-3H3. The number of benzene rings is 3. The van der Waals surface area contributed by atoms with Gasteiger partial charge in [0, 0.05) is 12.3 Å². The van der Waals surface area contributed by atoms with E-state index in [1.165, 1.54) is 6.07 Å². The fourth-order valence-corrected chi connectivity index (χ4v) is 3.32. The van der Waals surface area contributed by atoms with Crippen molar-refractivity contribution in [3.63, 3.8) is 0 Å². The summed E-state index contributed by atoms with van der Waals surface area (Å²) in [5.74, 6) is -0.306. The highest BCUT2D eigenvalue weighted by molar-refractivity contribution is 6.32. The van der Waals surface area contributed by atoms with E-state index in [-0.39, 0.29) is 23.1 Å². The van der Waals surface area contributed by atoms with Crippen molar-refractivity contribution in [2.24, 2.45) is 4.99 Å². The Labute approximate surface area is 198 Å². The Morgan fingerprint density at radius 2 is 1.82 bits per heavy atom. The summed E-state index contributed by atoms with van der Waals surface area (Å²) in [6.07, 6.45) is -3.16. The first-order valence-electron chi connectivity index (χ1n) is 10.1. The molecule has 0 spiro atoms. The zero-order valence-electron chi connectivity index (χ0n) is 18.4. The predicted molar refractivity (Wildman–Crippen MR) is 124 cm³/mol. The number of aryl methyl sites for hydroxylation is 2. The maximum absolute atomic E-state index is 13.0. The third kappa shape index (κ3) is 5.85. The van der Waals surface area contributed by atoms with E-state index in [9.17, 15) is 23.3 Å². The van der Waals surface area contributed by atoms with Gasteiger partial charge in [-0.05, 0) is 67.8 Å². The molecule has 3 rings (SSSR count). The monoisotopic (exact) mass is 492 g/mol. The molecule has 3 aromatic rings. The number of nitro groups is 1. The third-order valence-corrected chi connectivity index (χ3v) is 5.02. The van der Waals surface area contributed by atoms with Crippen LogP contribution in [0.4, 0.5) is 24.5 Å². The number of ether oxygens (including phenoxy) is 2. The topological polar surface area (TPSA) is 74.0 Å². The summed E-state index contributed by atoms with van der Waals surface area (Å²) < 4.78 is 50.1. The molecule has 178 valence electrons. The molecule has 0 radical (unpaired) electrons. The SMILES string of the molecule is CCOc1cc(C=Nc2cc(C)ccc2C)cc(Cl)c1Oc1ccc(C(F)(F)F)cc1[N+](=O)[O-]. The summed E-state index contributed by atoms with van der Waals surface area (Å²) in [5.41, 5.74) is 1.35. The summed E-state index contributed by atoms with van der Waals surface area (Å²) in [5, 5.41) is 11.4. The van der Waals surface area contributed by atoms with Crippen molar-refractivity contribution in [1.82, 2.24) is 0 Å². The van der Waals surface area contributed by atoms with Gasteiger partial charge in [-0.25, -0.2) is 0 Å². The molecule has 6 nitrogen and oxygen atoms in total. The molecule has 0 saturated heterocycles. The van der Waals surface area contributed by atoms with Crippen LogP contribution in [-0.2, 0) is 6.18 Å². The average Bonchev–Trinajstić information content (AvgIpc) is 2.76. The lowest BCUT2D eigenvalue weighted by atomic mass is 10.1. The number of nitro benzene ring substituents is 1. The van der Waals surface area contributed by atoms with Gasteiger partial charge in [-0.2, -0.15) is 13.2 Å². The normalized spacial score (nSPS) is 11.6. The second-order valence-electron chi connectivity index (χ2n) is 7.35. The Morgan fingerprint density at radius 3 is 2.47 bits per heavy atom. The number of aliphatic imine (C=N–C) groups is 1. The highest BCUT2D eigenvalue weighted by atomic mass is 35.5. The molecule has 0 saturated carbocycles. The molecule has 34 heavy (non-hydrogen) atoms. The van der Waals surface area contributed by atoms with E-state index in [1.807, 2.05) is 32.0 Å². The summed E-state index contributed by atoms with van der Waals surface area (Å²) >= 11 is 6.38. The molecule has 10 heteroatoms. The highest BCUT2D eigenvalue weighted by Crippen LogP contribution is 2.43. The van der Waals surface area contributed by atoms with Crippen LogP contribution in [0.25, 0.3) is 0 Å². The summed E-state index contributed by atoms with van der Waals surface area (Å²) in [7, 11) is 0. The van der Waals surface area contributed by atoms with E-state index in [0.29, 0.717) is 17.7 Å². The first kappa shape index (κ1) is 25.0. The van der Waals surface area contributed by atoms with E-state index in [2.05, 4.69) is 4.99 Å². The van der Waals surface area contributed by atoms with Crippen LogP contribution in [0.3, 0.4) is 0 Å². The predicted octanol–water partition coefficient (Wildman–Crippen LogP) is 7.83.